The highest BCUT2D eigenvalue weighted by atomic mass is 32.1. The van der Waals surface area contributed by atoms with E-state index in [1.54, 1.807) is 18.3 Å². The van der Waals surface area contributed by atoms with Crippen LogP contribution in [0.2, 0.25) is 0 Å². The van der Waals surface area contributed by atoms with E-state index in [-0.39, 0.29) is 17.8 Å². The molecule has 0 amide bonds. The van der Waals surface area contributed by atoms with Gasteiger partial charge in [0.2, 0.25) is 0 Å². The largest absolute Gasteiger partial charge is 0.508 e. The maximum Gasteiger partial charge on any atom is 0.174 e. The second kappa shape index (κ2) is 7.65. The number of pyridine rings is 1. The lowest BCUT2D eigenvalue weighted by atomic mass is 9.98. The van der Waals surface area contributed by atoms with Gasteiger partial charge in [-0.1, -0.05) is 24.3 Å². The van der Waals surface area contributed by atoms with Gasteiger partial charge >= 0.3 is 0 Å². The first-order valence-corrected chi connectivity index (χ1v) is 10.1. The molecule has 0 bridgehead atoms. The Bertz CT molecular complexity index is 1160. The second-order valence-corrected chi connectivity index (χ2v) is 7.59. The van der Waals surface area contributed by atoms with Crippen molar-refractivity contribution in [3.8, 4) is 11.4 Å². The van der Waals surface area contributed by atoms with Crippen LogP contribution in [0.25, 0.3) is 5.69 Å². The molecule has 2 aromatic carbocycles. The topological polar surface area (TPSA) is 53.3 Å². The Hall–Kier alpha value is -3.64. The van der Waals surface area contributed by atoms with Gasteiger partial charge in [0, 0.05) is 30.0 Å². The lowest BCUT2D eigenvalue weighted by molar-refractivity contribution is 0.475. The predicted molar refractivity (Wildman–Crippen MR) is 122 cm³/mol. The van der Waals surface area contributed by atoms with Crippen molar-refractivity contribution in [1.82, 2.24) is 14.9 Å². The molecule has 0 spiro atoms. The van der Waals surface area contributed by atoms with Gasteiger partial charge in [-0.15, -0.1) is 0 Å². The van der Waals surface area contributed by atoms with Crippen molar-refractivity contribution >= 4 is 23.0 Å². The van der Waals surface area contributed by atoms with Crippen LogP contribution in [0.5, 0.6) is 5.75 Å². The van der Waals surface area contributed by atoms with Crippen molar-refractivity contribution < 1.29 is 5.11 Å². The van der Waals surface area contributed by atoms with E-state index in [0.29, 0.717) is 5.11 Å². The van der Waals surface area contributed by atoms with E-state index >= 15 is 0 Å². The number of rotatable bonds is 4. The fourth-order valence-corrected chi connectivity index (χ4v) is 4.28. The SMILES string of the molecule is Oc1ccc(N2C(=S)N[C@@H](c3ccccn3)[C@H]2c2ccn(-c3ccccc3)c2)cc1. The normalized spacial score (nSPS) is 18.4. The molecule has 2 aromatic heterocycles. The minimum atomic E-state index is -0.0980. The van der Waals surface area contributed by atoms with Crippen LogP contribution in [0.3, 0.4) is 0 Å². The maximum absolute atomic E-state index is 9.73. The molecular weight excluding hydrogens is 392 g/mol. The van der Waals surface area contributed by atoms with E-state index in [1.165, 1.54) is 0 Å². The Labute approximate surface area is 180 Å². The van der Waals surface area contributed by atoms with Crippen molar-refractivity contribution in [2.75, 3.05) is 4.90 Å². The summed E-state index contributed by atoms with van der Waals surface area (Å²) in [5.74, 6) is 0.227. The van der Waals surface area contributed by atoms with Gasteiger partial charge in [0.25, 0.3) is 0 Å². The standard InChI is InChI=1S/C24H20N4OS/c29-20-11-9-19(10-12-20)28-23(22(26-24(28)30)21-8-4-5-14-25-21)17-13-15-27(16-17)18-6-2-1-3-7-18/h1-16,22-23,29H,(H,26,30)/t22-,23+/m0/s1. The molecule has 5 rings (SSSR count). The van der Waals surface area contributed by atoms with Gasteiger partial charge in [0.1, 0.15) is 5.75 Å². The summed E-state index contributed by atoms with van der Waals surface area (Å²) in [5, 5.41) is 13.8. The number of phenolic OH excluding ortho intramolecular Hbond substituents is 1. The number of aromatic nitrogens is 2. The number of hydrogen-bond donors (Lipinski definition) is 2. The molecule has 1 aliphatic rings. The molecular formula is C24H20N4OS. The average Bonchev–Trinajstić information content (AvgIpc) is 3.40. The predicted octanol–water partition coefficient (Wildman–Crippen LogP) is 4.76. The summed E-state index contributed by atoms with van der Waals surface area (Å²) in [5.41, 5.74) is 4.07. The molecule has 1 saturated heterocycles. The van der Waals surface area contributed by atoms with Crippen LogP contribution in [-0.4, -0.2) is 19.8 Å². The molecule has 0 unspecified atom stereocenters. The van der Waals surface area contributed by atoms with Gasteiger partial charge in [-0.25, -0.2) is 0 Å². The smallest absolute Gasteiger partial charge is 0.174 e. The molecule has 0 radical (unpaired) electrons. The summed E-state index contributed by atoms with van der Waals surface area (Å²) in [6.45, 7) is 0. The summed E-state index contributed by atoms with van der Waals surface area (Å²) in [6, 6.07) is 25.2. The van der Waals surface area contributed by atoms with Gasteiger partial charge in [-0.2, -0.15) is 0 Å². The van der Waals surface area contributed by atoms with Crippen molar-refractivity contribution in [1.29, 1.82) is 0 Å². The summed E-state index contributed by atoms with van der Waals surface area (Å²) in [6.07, 6.45) is 6.00. The number of aromatic hydroxyl groups is 1. The lowest BCUT2D eigenvalue weighted by Gasteiger charge is -2.27. The molecule has 6 heteroatoms. The molecule has 30 heavy (non-hydrogen) atoms. The van der Waals surface area contributed by atoms with E-state index in [2.05, 4.69) is 50.4 Å². The molecule has 0 saturated carbocycles. The average molecular weight is 413 g/mol. The monoisotopic (exact) mass is 412 g/mol. The molecule has 3 heterocycles. The second-order valence-electron chi connectivity index (χ2n) is 7.20. The van der Waals surface area contributed by atoms with Crippen molar-refractivity contribution in [2.24, 2.45) is 0 Å². The molecule has 148 valence electrons. The van der Waals surface area contributed by atoms with E-state index in [4.69, 9.17) is 12.2 Å². The first-order chi connectivity index (χ1) is 14.7. The third-order valence-electron chi connectivity index (χ3n) is 5.34. The molecule has 2 atom stereocenters. The summed E-state index contributed by atoms with van der Waals surface area (Å²) in [7, 11) is 0. The van der Waals surface area contributed by atoms with Crippen LogP contribution >= 0.6 is 12.2 Å². The van der Waals surface area contributed by atoms with Gasteiger partial charge < -0.3 is 19.9 Å². The lowest BCUT2D eigenvalue weighted by Crippen LogP contribution is -2.29. The van der Waals surface area contributed by atoms with Crippen molar-refractivity contribution in [2.45, 2.75) is 12.1 Å². The number of nitrogens with one attached hydrogen (secondary N) is 1. The third kappa shape index (κ3) is 3.31. The Morgan fingerprint density at radius 3 is 2.37 bits per heavy atom. The fraction of sp³-hybridized carbons (Fsp3) is 0.0833. The maximum atomic E-state index is 9.73. The van der Waals surface area contributed by atoms with Crippen LogP contribution in [0.15, 0.2) is 97.5 Å². The quantitative estimate of drug-likeness (QED) is 0.474. The molecule has 1 aliphatic heterocycles. The third-order valence-corrected chi connectivity index (χ3v) is 5.65. The van der Waals surface area contributed by atoms with E-state index in [0.717, 1.165) is 22.6 Å². The Kier molecular flexibility index (Phi) is 4.69. The first kappa shape index (κ1) is 18.4. The summed E-state index contributed by atoms with van der Waals surface area (Å²) in [4.78, 5) is 6.68. The number of para-hydroxylation sites is 1. The number of phenols is 1. The van der Waals surface area contributed by atoms with Crippen LogP contribution in [0.4, 0.5) is 5.69 Å². The molecule has 5 nitrogen and oxygen atoms in total. The molecule has 4 aromatic rings. The van der Waals surface area contributed by atoms with Crippen LogP contribution in [0, 0.1) is 0 Å². The van der Waals surface area contributed by atoms with Gasteiger partial charge in [-0.05, 0) is 72.4 Å². The van der Waals surface area contributed by atoms with Crippen LogP contribution < -0.4 is 10.2 Å². The molecule has 0 aliphatic carbocycles. The number of anilines is 1. The number of nitrogens with zero attached hydrogens (tertiary/aromatic N) is 3. The number of benzene rings is 2. The van der Waals surface area contributed by atoms with Gasteiger partial charge in [0.15, 0.2) is 5.11 Å². The van der Waals surface area contributed by atoms with E-state index in [9.17, 15) is 5.11 Å². The number of thiocarbonyl (C=S) groups is 1. The minimum absolute atomic E-state index is 0.0816. The van der Waals surface area contributed by atoms with Gasteiger partial charge in [-0.3, -0.25) is 4.98 Å². The zero-order chi connectivity index (χ0) is 20.5. The Balaban J connectivity index is 1.60. The highest BCUT2D eigenvalue weighted by Gasteiger charge is 2.41. The molecule has 1 fully saturated rings. The zero-order valence-corrected chi connectivity index (χ0v) is 16.9. The first-order valence-electron chi connectivity index (χ1n) is 9.74. The van der Waals surface area contributed by atoms with Crippen molar-refractivity contribution in [3.05, 3.63) is 109 Å². The van der Waals surface area contributed by atoms with E-state index in [1.807, 2.05) is 48.5 Å². The minimum Gasteiger partial charge on any atom is -0.508 e. The van der Waals surface area contributed by atoms with Crippen LogP contribution in [-0.2, 0) is 0 Å². The zero-order valence-electron chi connectivity index (χ0n) is 16.1. The van der Waals surface area contributed by atoms with Crippen LogP contribution in [0.1, 0.15) is 23.3 Å². The fourth-order valence-electron chi connectivity index (χ4n) is 3.93. The summed E-state index contributed by atoms with van der Waals surface area (Å²) < 4.78 is 2.11. The van der Waals surface area contributed by atoms with E-state index < -0.39 is 0 Å². The van der Waals surface area contributed by atoms with Gasteiger partial charge in [0.05, 0.1) is 17.8 Å². The highest BCUT2D eigenvalue weighted by molar-refractivity contribution is 7.80. The Morgan fingerprint density at radius 1 is 0.867 bits per heavy atom. The summed E-state index contributed by atoms with van der Waals surface area (Å²) >= 11 is 5.73. The molecule has 2 N–H and O–H groups in total. The Morgan fingerprint density at radius 2 is 1.63 bits per heavy atom. The highest BCUT2D eigenvalue weighted by Crippen LogP contribution is 2.42. The number of hydrogen-bond acceptors (Lipinski definition) is 3. The van der Waals surface area contributed by atoms with Crippen molar-refractivity contribution in [3.63, 3.8) is 0 Å².